The maximum absolute atomic E-state index is 5.86. The average Bonchev–Trinajstić information content (AvgIpc) is 2.29. The van der Waals surface area contributed by atoms with Crippen LogP contribution < -0.4 is 16.4 Å². The van der Waals surface area contributed by atoms with Gasteiger partial charge in [-0.15, -0.1) is 0 Å². The molecule has 4 N–H and O–H groups in total. The lowest BCUT2D eigenvalue weighted by Gasteiger charge is -2.43. The normalized spacial score (nSPS) is 26.2. The van der Waals surface area contributed by atoms with Crippen LogP contribution in [0.5, 0.6) is 0 Å². The minimum absolute atomic E-state index is 0.553. The molecule has 0 radical (unpaired) electrons. The van der Waals surface area contributed by atoms with E-state index >= 15 is 0 Å². The van der Waals surface area contributed by atoms with E-state index in [1.807, 2.05) is 12.1 Å². The van der Waals surface area contributed by atoms with Crippen LogP contribution in [0.1, 0.15) is 13.8 Å². The van der Waals surface area contributed by atoms with Crippen molar-refractivity contribution in [3.63, 3.8) is 0 Å². The van der Waals surface area contributed by atoms with Crippen LogP contribution in [0, 0.1) is 0 Å². The first-order valence-electron chi connectivity index (χ1n) is 6.11. The summed E-state index contributed by atoms with van der Waals surface area (Å²) in [5.41, 5.74) is 14.1. The molecule has 4 nitrogen and oxygen atoms in total. The van der Waals surface area contributed by atoms with Crippen LogP contribution >= 0.6 is 0 Å². The summed E-state index contributed by atoms with van der Waals surface area (Å²) in [6.45, 7) is 6.57. The van der Waals surface area contributed by atoms with E-state index < -0.39 is 0 Å². The lowest BCUT2D eigenvalue weighted by atomic mass is 10.1. The second-order valence-corrected chi connectivity index (χ2v) is 5.08. The monoisotopic (exact) mass is 234 g/mol. The number of benzene rings is 1. The molecule has 1 fully saturated rings. The molecule has 0 aromatic heterocycles. The molecule has 1 aromatic rings. The summed E-state index contributed by atoms with van der Waals surface area (Å²) in [7, 11) is 2.18. The Morgan fingerprint density at radius 1 is 1.06 bits per heavy atom. The van der Waals surface area contributed by atoms with Gasteiger partial charge in [-0.1, -0.05) is 0 Å². The molecule has 0 unspecified atom stereocenters. The van der Waals surface area contributed by atoms with Crippen molar-refractivity contribution in [1.29, 1.82) is 0 Å². The molecule has 2 atom stereocenters. The van der Waals surface area contributed by atoms with Crippen molar-refractivity contribution < 1.29 is 0 Å². The van der Waals surface area contributed by atoms with Gasteiger partial charge in [0.15, 0.2) is 0 Å². The molecular formula is C13H22N4. The van der Waals surface area contributed by atoms with Crippen LogP contribution in [-0.4, -0.2) is 37.1 Å². The fraction of sp³-hybridized carbons (Fsp3) is 0.538. The van der Waals surface area contributed by atoms with E-state index in [4.69, 9.17) is 11.5 Å². The highest BCUT2D eigenvalue weighted by molar-refractivity contribution is 5.70. The van der Waals surface area contributed by atoms with Crippen LogP contribution in [0.25, 0.3) is 0 Å². The van der Waals surface area contributed by atoms with Crippen molar-refractivity contribution in [2.45, 2.75) is 25.9 Å². The summed E-state index contributed by atoms with van der Waals surface area (Å²) in [4.78, 5) is 4.79. The number of piperazine rings is 1. The highest BCUT2D eigenvalue weighted by Crippen LogP contribution is 2.26. The molecule has 1 aliphatic rings. The van der Waals surface area contributed by atoms with Crippen molar-refractivity contribution in [1.82, 2.24) is 4.90 Å². The maximum Gasteiger partial charge on any atom is 0.0568 e. The summed E-state index contributed by atoms with van der Waals surface area (Å²) in [5.74, 6) is 0. The van der Waals surface area contributed by atoms with E-state index in [9.17, 15) is 0 Å². The number of likely N-dealkylation sites (N-methyl/N-ethyl adjacent to an activating group) is 1. The van der Waals surface area contributed by atoms with Gasteiger partial charge >= 0.3 is 0 Å². The molecule has 17 heavy (non-hydrogen) atoms. The Labute approximate surface area is 103 Å². The second-order valence-electron chi connectivity index (χ2n) is 5.08. The van der Waals surface area contributed by atoms with Crippen molar-refractivity contribution in [2.24, 2.45) is 0 Å². The molecule has 94 valence electrons. The Hall–Kier alpha value is -1.42. The standard InChI is InChI=1S/C13H22N4/c1-9-7-17(8-10(2)16(9)3)11-4-5-12(14)13(15)6-11/h4-6,9-10H,7-8,14-15H2,1-3H3/t9-,10+. The van der Waals surface area contributed by atoms with E-state index in [0.29, 0.717) is 23.5 Å². The number of nitrogens with zero attached hydrogens (tertiary/aromatic N) is 2. The number of nitrogens with two attached hydrogens (primary N) is 2. The SMILES string of the molecule is C[C@@H]1CN(c2ccc(N)c(N)c2)C[C@H](C)N1C. The smallest absolute Gasteiger partial charge is 0.0568 e. The first kappa shape index (κ1) is 12.0. The molecular weight excluding hydrogens is 212 g/mol. The van der Waals surface area contributed by atoms with Crippen LogP contribution in [0.2, 0.25) is 0 Å². The van der Waals surface area contributed by atoms with Gasteiger partial charge in [0, 0.05) is 30.9 Å². The van der Waals surface area contributed by atoms with Gasteiger partial charge in [0.05, 0.1) is 11.4 Å². The van der Waals surface area contributed by atoms with Gasteiger partial charge in [-0.25, -0.2) is 0 Å². The van der Waals surface area contributed by atoms with E-state index in [1.165, 1.54) is 5.69 Å². The number of rotatable bonds is 1. The second kappa shape index (κ2) is 4.45. The minimum atomic E-state index is 0.553. The zero-order chi connectivity index (χ0) is 12.6. The van der Waals surface area contributed by atoms with Gasteiger partial charge in [-0.3, -0.25) is 4.90 Å². The zero-order valence-electron chi connectivity index (χ0n) is 10.9. The Bertz CT molecular complexity index is 392. The van der Waals surface area contributed by atoms with E-state index in [2.05, 4.69) is 36.8 Å². The molecule has 4 heteroatoms. The Morgan fingerprint density at radius 3 is 2.18 bits per heavy atom. The Balaban J connectivity index is 2.20. The van der Waals surface area contributed by atoms with E-state index in [0.717, 1.165) is 13.1 Å². The predicted molar refractivity (Wildman–Crippen MR) is 74.2 cm³/mol. The first-order chi connectivity index (χ1) is 7.99. The zero-order valence-corrected chi connectivity index (χ0v) is 10.9. The maximum atomic E-state index is 5.86. The van der Waals surface area contributed by atoms with Gasteiger partial charge in [0.2, 0.25) is 0 Å². The molecule has 1 heterocycles. The Morgan fingerprint density at radius 2 is 1.65 bits per heavy atom. The van der Waals surface area contributed by atoms with Gasteiger partial charge in [-0.2, -0.15) is 0 Å². The third-order valence-corrected chi connectivity index (χ3v) is 3.80. The van der Waals surface area contributed by atoms with E-state index in [1.54, 1.807) is 0 Å². The summed E-state index contributed by atoms with van der Waals surface area (Å²) >= 11 is 0. The van der Waals surface area contributed by atoms with Crippen molar-refractivity contribution in [2.75, 3.05) is 36.5 Å². The summed E-state index contributed by atoms with van der Waals surface area (Å²) in [6.07, 6.45) is 0. The number of hydrogen-bond donors (Lipinski definition) is 2. The molecule has 2 rings (SSSR count). The van der Waals surface area contributed by atoms with Gasteiger partial charge in [0.1, 0.15) is 0 Å². The highest BCUT2D eigenvalue weighted by atomic mass is 15.3. The lowest BCUT2D eigenvalue weighted by molar-refractivity contribution is 0.170. The fourth-order valence-electron chi connectivity index (χ4n) is 2.37. The molecule has 0 spiro atoms. The van der Waals surface area contributed by atoms with Crippen LogP contribution in [-0.2, 0) is 0 Å². The molecule has 0 saturated carbocycles. The van der Waals surface area contributed by atoms with Crippen molar-refractivity contribution in [3.8, 4) is 0 Å². The van der Waals surface area contributed by atoms with Gasteiger partial charge < -0.3 is 16.4 Å². The number of anilines is 3. The third-order valence-electron chi connectivity index (χ3n) is 3.80. The van der Waals surface area contributed by atoms with Crippen molar-refractivity contribution >= 4 is 17.1 Å². The summed E-state index contributed by atoms with van der Waals surface area (Å²) in [6, 6.07) is 7.02. The molecule has 1 aromatic carbocycles. The topological polar surface area (TPSA) is 58.5 Å². The Kier molecular flexibility index (Phi) is 3.15. The quantitative estimate of drug-likeness (QED) is 0.721. The van der Waals surface area contributed by atoms with E-state index in [-0.39, 0.29) is 0 Å². The molecule has 0 bridgehead atoms. The highest BCUT2D eigenvalue weighted by Gasteiger charge is 2.26. The average molecular weight is 234 g/mol. The molecule has 0 aliphatic carbocycles. The summed E-state index contributed by atoms with van der Waals surface area (Å²) in [5, 5.41) is 0. The number of nitrogen functional groups attached to an aromatic ring is 2. The molecule has 1 aliphatic heterocycles. The van der Waals surface area contributed by atoms with Crippen LogP contribution in [0.15, 0.2) is 18.2 Å². The lowest BCUT2D eigenvalue weighted by Crippen LogP contribution is -2.55. The van der Waals surface area contributed by atoms with Crippen LogP contribution in [0.4, 0.5) is 17.1 Å². The third kappa shape index (κ3) is 2.31. The fourth-order valence-corrected chi connectivity index (χ4v) is 2.37. The van der Waals surface area contributed by atoms with Gasteiger partial charge in [-0.05, 0) is 39.1 Å². The minimum Gasteiger partial charge on any atom is -0.397 e. The van der Waals surface area contributed by atoms with Crippen molar-refractivity contribution in [3.05, 3.63) is 18.2 Å². The molecule has 0 amide bonds. The molecule has 1 saturated heterocycles. The number of hydrogen-bond acceptors (Lipinski definition) is 4. The summed E-state index contributed by atoms with van der Waals surface area (Å²) < 4.78 is 0. The van der Waals surface area contributed by atoms with Gasteiger partial charge in [0.25, 0.3) is 0 Å². The predicted octanol–water partition coefficient (Wildman–Crippen LogP) is 1.38. The van der Waals surface area contributed by atoms with Crippen LogP contribution in [0.3, 0.4) is 0 Å². The first-order valence-corrected chi connectivity index (χ1v) is 6.11. The largest absolute Gasteiger partial charge is 0.397 e.